The molecule has 0 amide bonds. The van der Waals surface area contributed by atoms with Crippen LogP contribution >= 0.6 is 0 Å². The van der Waals surface area contributed by atoms with Crippen molar-refractivity contribution in [2.24, 2.45) is 0 Å². The van der Waals surface area contributed by atoms with Crippen LogP contribution in [0.3, 0.4) is 0 Å². The van der Waals surface area contributed by atoms with Crippen LogP contribution in [0, 0.1) is 0 Å². The summed E-state index contributed by atoms with van der Waals surface area (Å²) >= 11 is 0. The second-order valence-corrected chi connectivity index (χ2v) is 10.4. The van der Waals surface area contributed by atoms with Gasteiger partial charge in [-0.3, -0.25) is 0 Å². The smallest absolute Gasteiger partial charge is 0.339 e. The largest absolute Gasteiger partial charge is 0.478 e. The lowest BCUT2D eigenvalue weighted by Crippen LogP contribution is -2.30. The van der Waals surface area contributed by atoms with E-state index in [9.17, 15) is 34.2 Å². The van der Waals surface area contributed by atoms with Gasteiger partial charge in [-0.2, -0.15) is 0 Å². The number of carbonyl (C=O) groups is 5. The van der Waals surface area contributed by atoms with Crippen LogP contribution in [0.1, 0.15) is 64.3 Å². The maximum absolute atomic E-state index is 13.2. The summed E-state index contributed by atoms with van der Waals surface area (Å²) in [6.07, 6.45) is -2.39. The molecule has 0 saturated carbocycles. The Morgan fingerprint density at radius 1 is 0.625 bits per heavy atom. The van der Waals surface area contributed by atoms with E-state index < -0.39 is 78.6 Å². The lowest BCUT2D eigenvalue weighted by Gasteiger charge is -2.19. The topological polar surface area (TPSA) is 209 Å². The van der Waals surface area contributed by atoms with Crippen LogP contribution in [0.15, 0.2) is 60.7 Å². The number of carboxylic acid groups (broad SMARTS) is 2. The number of benzene rings is 1. The van der Waals surface area contributed by atoms with E-state index in [2.05, 4.69) is 26.3 Å². The molecule has 16 nitrogen and oxygen atoms in total. The van der Waals surface area contributed by atoms with Crippen molar-refractivity contribution in [3.05, 3.63) is 83.0 Å². The van der Waals surface area contributed by atoms with Crippen LogP contribution in [-0.4, -0.2) is 91.9 Å². The molecule has 1 rings (SSSR count). The van der Waals surface area contributed by atoms with Crippen molar-refractivity contribution in [3.8, 4) is 0 Å². The molecule has 2 N–H and O–H groups in total. The first-order chi connectivity index (χ1) is 22.5. The van der Waals surface area contributed by atoms with E-state index in [1.54, 1.807) is 13.8 Å². The lowest BCUT2D eigenvalue weighted by atomic mass is 9.98. The van der Waals surface area contributed by atoms with Crippen molar-refractivity contribution in [2.45, 2.75) is 46.5 Å². The van der Waals surface area contributed by atoms with Crippen LogP contribution in [0.2, 0.25) is 0 Å². The predicted octanol–water partition coefficient (Wildman–Crippen LogP) is 3.71. The van der Waals surface area contributed by atoms with Gasteiger partial charge in [0, 0.05) is 11.1 Å². The molecular formula is C32H40O16. The summed E-state index contributed by atoms with van der Waals surface area (Å²) in [7, 11) is 0. The quantitative estimate of drug-likeness (QED) is 0.0303. The highest BCUT2D eigenvalue weighted by Crippen LogP contribution is 2.21. The van der Waals surface area contributed by atoms with Crippen molar-refractivity contribution in [2.75, 3.05) is 39.6 Å². The third-order valence-electron chi connectivity index (χ3n) is 5.40. The Labute approximate surface area is 276 Å². The standard InChI is InChI=1S/C32H40O16/c1-18(2)11-42-44-16-23(17-45-43-12-19(3)4)47-32(39)27-9-22(25(28(33)34)10-26(27)29(35)36)13-46-48-24(14-40-30(37)20(5)6)15-41-31(38)21(7)8/h9-10,23-24H,1,3,5,7,11-17H2,2,4,6,8H3,(H,33,34)(H,35,36). The van der Waals surface area contributed by atoms with E-state index in [4.69, 9.17) is 43.5 Å². The fourth-order valence-corrected chi connectivity index (χ4v) is 3.05. The zero-order chi connectivity index (χ0) is 36.4. The highest BCUT2D eigenvalue weighted by atomic mass is 17.2. The van der Waals surface area contributed by atoms with Crippen molar-refractivity contribution in [3.63, 3.8) is 0 Å². The Morgan fingerprint density at radius 2 is 1.10 bits per heavy atom. The average Bonchev–Trinajstić information content (AvgIpc) is 3.00. The number of aromatic carboxylic acids is 2. The van der Waals surface area contributed by atoms with Gasteiger partial charge in [0.05, 0.1) is 16.7 Å². The van der Waals surface area contributed by atoms with Crippen LogP contribution in [0.25, 0.3) is 0 Å². The molecule has 0 fully saturated rings. The minimum atomic E-state index is -1.63. The van der Waals surface area contributed by atoms with Crippen LogP contribution in [0.4, 0.5) is 0 Å². The van der Waals surface area contributed by atoms with Gasteiger partial charge in [-0.15, -0.1) is 0 Å². The van der Waals surface area contributed by atoms with Gasteiger partial charge in [0.15, 0.2) is 12.2 Å². The van der Waals surface area contributed by atoms with E-state index >= 15 is 0 Å². The summed E-state index contributed by atoms with van der Waals surface area (Å²) in [6, 6.07) is 1.68. The van der Waals surface area contributed by atoms with E-state index in [0.717, 1.165) is 12.1 Å². The molecule has 0 spiro atoms. The Morgan fingerprint density at radius 3 is 1.52 bits per heavy atom. The third kappa shape index (κ3) is 15.7. The third-order valence-corrected chi connectivity index (χ3v) is 5.40. The maximum atomic E-state index is 13.2. The van der Waals surface area contributed by atoms with E-state index in [1.165, 1.54) is 13.8 Å². The van der Waals surface area contributed by atoms with Gasteiger partial charge in [-0.25, -0.2) is 53.3 Å². The molecule has 0 aliphatic heterocycles. The molecule has 0 aliphatic carbocycles. The summed E-state index contributed by atoms with van der Waals surface area (Å²) in [5.74, 6) is -5.92. The highest BCUT2D eigenvalue weighted by Gasteiger charge is 2.27. The molecule has 264 valence electrons. The summed E-state index contributed by atoms with van der Waals surface area (Å²) in [5, 5.41) is 19.5. The number of ether oxygens (including phenoxy) is 3. The van der Waals surface area contributed by atoms with Crippen LogP contribution in [-0.2, 0) is 59.7 Å². The summed E-state index contributed by atoms with van der Waals surface area (Å²) in [5.41, 5.74) is -0.570. The molecule has 0 saturated heterocycles. The van der Waals surface area contributed by atoms with Gasteiger partial charge in [-0.05, 0) is 45.4 Å². The van der Waals surface area contributed by atoms with Crippen molar-refractivity contribution < 1.29 is 77.7 Å². The second kappa shape index (κ2) is 21.2. The number of carbonyl (C=O) groups excluding carboxylic acids is 3. The fraction of sp³-hybridized carbons (Fsp3) is 0.406. The molecule has 0 aromatic heterocycles. The average molecular weight is 681 g/mol. The first-order valence-corrected chi connectivity index (χ1v) is 14.1. The normalized spacial score (nSPS) is 10.8. The monoisotopic (exact) mass is 680 g/mol. The number of rotatable bonds is 24. The highest BCUT2D eigenvalue weighted by molar-refractivity contribution is 6.05. The number of carboxylic acids is 2. The Kier molecular flexibility index (Phi) is 18.3. The fourth-order valence-electron chi connectivity index (χ4n) is 3.05. The van der Waals surface area contributed by atoms with Crippen LogP contribution in [0.5, 0.6) is 0 Å². The van der Waals surface area contributed by atoms with Gasteiger partial charge in [0.25, 0.3) is 0 Å². The molecule has 1 aromatic rings. The van der Waals surface area contributed by atoms with E-state index in [0.29, 0.717) is 11.1 Å². The zero-order valence-electron chi connectivity index (χ0n) is 27.2. The number of esters is 3. The molecule has 1 aromatic carbocycles. The van der Waals surface area contributed by atoms with Gasteiger partial charge in [0.2, 0.25) is 0 Å². The van der Waals surface area contributed by atoms with Crippen LogP contribution < -0.4 is 0 Å². The van der Waals surface area contributed by atoms with Crippen molar-refractivity contribution >= 4 is 29.8 Å². The van der Waals surface area contributed by atoms with Crippen molar-refractivity contribution in [1.82, 2.24) is 0 Å². The first-order valence-electron chi connectivity index (χ1n) is 14.1. The Bertz CT molecular complexity index is 1330. The van der Waals surface area contributed by atoms with Gasteiger partial charge in [-0.1, -0.05) is 37.5 Å². The molecule has 0 atom stereocenters. The van der Waals surface area contributed by atoms with E-state index in [-0.39, 0.29) is 43.1 Å². The minimum Gasteiger partial charge on any atom is -0.478 e. The maximum Gasteiger partial charge on any atom is 0.339 e. The Hall–Kier alpha value is -4.71. The summed E-state index contributed by atoms with van der Waals surface area (Å²) in [4.78, 5) is 91.4. The lowest BCUT2D eigenvalue weighted by molar-refractivity contribution is -0.342. The molecule has 0 heterocycles. The molecule has 0 aliphatic rings. The first kappa shape index (κ1) is 41.3. The summed E-state index contributed by atoms with van der Waals surface area (Å²) < 4.78 is 15.4. The predicted molar refractivity (Wildman–Crippen MR) is 164 cm³/mol. The zero-order valence-corrected chi connectivity index (χ0v) is 27.2. The van der Waals surface area contributed by atoms with Gasteiger partial charge in [0.1, 0.15) is 46.2 Å². The molecule has 48 heavy (non-hydrogen) atoms. The molecule has 0 radical (unpaired) electrons. The van der Waals surface area contributed by atoms with Crippen molar-refractivity contribution in [1.29, 1.82) is 0 Å². The SMILES string of the molecule is C=C(C)COOCC(COOCC(=C)C)OC(=O)c1cc(COOC(COC(=O)C(=C)C)COC(=O)C(=C)C)c(C(=O)O)cc1C(=O)O. The van der Waals surface area contributed by atoms with Gasteiger partial charge < -0.3 is 24.4 Å². The molecular weight excluding hydrogens is 640 g/mol. The molecule has 16 heteroatoms. The van der Waals surface area contributed by atoms with E-state index in [1.807, 2.05) is 0 Å². The molecule has 0 unspecified atom stereocenters. The second-order valence-electron chi connectivity index (χ2n) is 10.4. The summed E-state index contributed by atoms with van der Waals surface area (Å²) in [6.45, 7) is 18.2. The van der Waals surface area contributed by atoms with Gasteiger partial charge >= 0.3 is 29.8 Å². The minimum absolute atomic E-state index is 0.0342. The number of hydrogen-bond acceptors (Lipinski definition) is 14. The Balaban J connectivity index is 3.25. The molecule has 0 bridgehead atoms. The number of hydrogen-bond donors (Lipinski definition) is 2.